The molecule has 3 rings (SSSR count). The maximum atomic E-state index is 12.4. The lowest BCUT2D eigenvalue weighted by atomic mass is 10.1. The predicted molar refractivity (Wildman–Crippen MR) is 101 cm³/mol. The van der Waals surface area contributed by atoms with E-state index in [1.54, 1.807) is 27.4 Å². The summed E-state index contributed by atoms with van der Waals surface area (Å²) in [6.07, 6.45) is 0. The Labute approximate surface area is 151 Å². The van der Waals surface area contributed by atoms with E-state index in [4.69, 9.17) is 14.2 Å². The number of H-pyrrole nitrogens is 1. The number of aromatic amines is 1. The first-order valence-corrected chi connectivity index (χ1v) is 8.26. The van der Waals surface area contributed by atoms with Crippen molar-refractivity contribution < 1.29 is 14.2 Å². The quantitative estimate of drug-likeness (QED) is 0.683. The number of benzene rings is 2. The molecule has 0 aliphatic heterocycles. The zero-order valence-corrected chi connectivity index (χ0v) is 15.1. The maximum Gasteiger partial charge on any atom is 0.252 e. The SMILES string of the molecule is COc1ccccc1CNCc1cc2cc(OC)c(OC)cc2[nH]c1=O. The fourth-order valence-corrected chi connectivity index (χ4v) is 2.89. The van der Waals surface area contributed by atoms with Gasteiger partial charge in [0.15, 0.2) is 11.5 Å². The van der Waals surface area contributed by atoms with E-state index in [0.717, 1.165) is 16.7 Å². The van der Waals surface area contributed by atoms with Crippen molar-refractivity contribution in [1.29, 1.82) is 0 Å². The third kappa shape index (κ3) is 3.65. The number of methoxy groups -OCH3 is 3. The molecule has 0 fully saturated rings. The molecule has 0 spiro atoms. The second-order valence-corrected chi connectivity index (χ2v) is 5.83. The second-order valence-electron chi connectivity index (χ2n) is 5.83. The molecule has 0 aliphatic rings. The Morgan fingerprint density at radius 2 is 1.50 bits per heavy atom. The van der Waals surface area contributed by atoms with Crippen molar-refractivity contribution in [3.8, 4) is 17.2 Å². The van der Waals surface area contributed by atoms with Gasteiger partial charge < -0.3 is 24.5 Å². The molecule has 0 amide bonds. The third-order valence-corrected chi connectivity index (χ3v) is 4.25. The van der Waals surface area contributed by atoms with Crippen LogP contribution in [-0.2, 0) is 13.1 Å². The molecule has 2 N–H and O–H groups in total. The molecule has 6 heteroatoms. The van der Waals surface area contributed by atoms with Crippen LogP contribution in [0.5, 0.6) is 17.2 Å². The fourth-order valence-electron chi connectivity index (χ4n) is 2.89. The number of para-hydroxylation sites is 1. The van der Waals surface area contributed by atoms with Gasteiger partial charge in [0.1, 0.15) is 5.75 Å². The summed E-state index contributed by atoms with van der Waals surface area (Å²) in [5, 5.41) is 4.18. The fraction of sp³-hybridized carbons (Fsp3) is 0.250. The summed E-state index contributed by atoms with van der Waals surface area (Å²) < 4.78 is 16.0. The number of rotatable bonds is 7. The van der Waals surface area contributed by atoms with Gasteiger partial charge in [-0.1, -0.05) is 18.2 Å². The van der Waals surface area contributed by atoms with Crippen LogP contribution in [0.3, 0.4) is 0 Å². The van der Waals surface area contributed by atoms with E-state index in [1.165, 1.54) is 0 Å². The zero-order chi connectivity index (χ0) is 18.5. The second kappa shape index (κ2) is 7.93. The van der Waals surface area contributed by atoms with E-state index in [9.17, 15) is 4.79 Å². The highest BCUT2D eigenvalue weighted by Gasteiger charge is 2.09. The predicted octanol–water partition coefficient (Wildman–Crippen LogP) is 2.84. The van der Waals surface area contributed by atoms with Crippen LogP contribution < -0.4 is 25.1 Å². The molecule has 0 radical (unpaired) electrons. The highest BCUT2D eigenvalue weighted by Crippen LogP contribution is 2.31. The number of nitrogens with one attached hydrogen (secondary N) is 2. The molecule has 26 heavy (non-hydrogen) atoms. The average Bonchev–Trinajstić information content (AvgIpc) is 2.67. The first-order valence-electron chi connectivity index (χ1n) is 8.26. The summed E-state index contributed by atoms with van der Waals surface area (Å²) in [6, 6.07) is 13.3. The Bertz CT molecular complexity index is 966. The van der Waals surface area contributed by atoms with Crippen molar-refractivity contribution in [3.63, 3.8) is 0 Å². The molecule has 0 unspecified atom stereocenters. The summed E-state index contributed by atoms with van der Waals surface area (Å²) in [5.41, 5.74) is 2.27. The van der Waals surface area contributed by atoms with Crippen LogP contribution in [0.4, 0.5) is 0 Å². The molecule has 0 bridgehead atoms. The largest absolute Gasteiger partial charge is 0.496 e. The summed E-state index contributed by atoms with van der Waals surface area (Å²) in [7, 11) is 4.80. The Kier molecular flexibility index (Phi) is 5.43. The van der Waals surface area contributed by atoms with Gasteiger partial charge in [-0.25, -0.2) is 0 Å². The van der Waals surface area contributed by atoms with E-state index in [1.807, 2.05) is 36.4 Å². The van der Waals surface area contributed by atoms with Crippen molar-refractivity contribution >= 4 is 10.9 Å². The maximum absolute atomic E-state index is 12.4. The van der Waals surface area contributed by atoms with E-state index < -0.39 is 0 Å². The van der Waals surface area contributed by atoms with E-state index >= 15 is 0 Å². The number of pyridine rings is 1. The normalized spacial score (nSPS) is 10.7. The van der Waals surface area contributed by atoms with Gasteiger partial charge >= 0.3 is 0 Å². The first-order chi connectivity index (χ1) is 12.7. The van der Waals surface area contributed by atoms with E-state index in [0.29, 0.717) is 35.7 Å². The van der Waals surface area contributed by atoms with E-state index in [-0.39, 0.29) is 5.56 Å². The Morgan fingerprint density at radius 3 is 2.23 bits per heavy atom. The van der Waals surface area contributed by atoms with Crippen molar-refractivity contribution in [3.05, 3.63) is 63.9 Å². The summed E-state index contributed by atoms with van der Waals surface area (Å²) in [6.45, 7) is 1.05. The van der Waals surface area contributed by atoms with Gasteiger partial charge in [-0.2, -0.15) is 0 Å². The lowest BCUT2D eigenvalue weighted by Crippen LogP contribution is -2.21. The molecule has 3 aromatic rings. The minimum absolute atomic E-state index is 0.128. The zero-order valence-electron chi connectivity index (χ0n) is 15.1. The number of aromatic nitrogens is 1. The monoisotopic (exact) mass is 354 g/mol. The summed E-state index contributed by atoms with van der Waals surface area (Å²) in [4.78, 5) is 15.3. The Balaban J connectivity index is 1.81. The summed E-state index contributed by atoms with van der Waals surface area (Å²) >= 11 is 0. The van der Waals surface area contributed by atoms with Crippen LogP contribution in [0, 0.1) is 0 Å². The van der Waals surface area contributed by atoms with Crippen molar-refractivity contribution in [2.45, 2.75) is 13.1 Å². The molecule has 6 nitrogen and oxygen atoms in total. The van der Waals surface area contributed by atoms with Crippen LogP contribution >= 0.6 is 0 Å². The standard InChI is InChI=1S/C20H22N2O4/c1-24-17-7-5-4-6-13(17)11-21-12-15-8-14-9-18(25-2)19(26-3)10-16(14)22-20(15)23/h4-10,21H,11-12H2,1-3H3,(H,22,23). The number of fused-ring (bicyclic) bond motifs is 1. The Hall–Kier alpha value is -2.99. The lowest BCUT2D eigenvalue weighted by molar-refractivity contribution is 0.356. The first kappa shape index (κ1) is 17.8. The van der Waals surface area contributed by atoms with Gasteiger partial charge in [-0.3, -0.25) is 4.79 Å². The van der Waals surface area contributed by atoms with Gasteiger partial charge in [0.25, 0.3) is 5.56 Å². The summed E-state index contributed by atoms with van der Waals surface area (Å²) in [5.74, 6) is 2.03. The smallest absolute Gasteiger partial charge is 0.252 e. The highest BCUT2D eigenvalue weighted by molar-refractivity contribution is 5.83. The molecule has 0 saturated heterocycles. The highest BCUT2D eigenvalue weighted by atomic mass is 16.5. The topological polar surface area (TPSA) is 72.6 Å². The molecule has 1 heterocycles. The van der Waals surface area contributed by atoms with Crippen LogP contribution in [-0.4, -0.2) is 26.3 Å². The van der Waals surface area contributed by atoms with Crippen LogP contribution in [0.15, 0.2) is 47.3 Å². The average molecular weight is 354 g/mol. The molecule has 136 valence electrons. The number of hydrogen-bond acceptors (Lipinski definition) is 5. The lowest BCUT2D eigenvalue weighted by Gasteiger charge is -2.11. The van der Waals surface area contributed by atoms with Gasteiger partial charge in [0.2, 0.25) is 0 Å². The van der Waals surface area contributed by atoms with Crippen LogP contribution in [0.25, 0.3) is 10.9 Å². The van der Waals surface area contributed by atoms with Crippen molar-refractivity contribution in [2.24, 2.45) is 0 Å². The molecular weight excluding hydrogens is 332 g/mol. The minimum Gasteiger partial charge on any atom is -0.496 e. The molecule has 0 aliphatic carbocycles. The minimum atomic E-state index is -0.128. The van der Waals surface area contributed by atoms with Gasteiger partial charge in [0, 0.05) is 35.7 Å². The molecule has 1 aromatic heterocycles. The molecule has 0 atom stereocenters. The third-order valence-electron chi connectivity index (χ3n) is 4.25. The van der Waals surface area contributed by atoms with Gasteiger partial charge in [-0.15, -0.1) is 0 Å². The van der Waals surface area contributed by atoms with E-state index in [2.05, 4.69) is 10.3 Å². The Morgan fingerprint density at radius 1 is 0.846 bits per heavy atom. The van der Waals surface area contributed by atoms with Crippen LogP contribution in [0.2, 0.25) is 0 Å². The number of ether oxygens (including phenoxy) is 3. The molecule has 0 saturated carbocycles. The van der Waals surface area contributed by atoms with Crippen molar-refractivity contribution in [1.82, 2.24) is 10.3 Å². The van der Waals surface area contributed by atoms with Gasteiger partial charge in [-0.05, 0) is 18.2 Å². The molecule has 2 aromatic carbocycles. The molecular formula is C20H22N2O4. The van der Waals surface area contributed by atoms with Crippen LogP contribution in [0.1, 0.15) is 11.1 Å². The number of hydrogen-bond donors (Lipinski definition) is 2. The van der Waals surface area contributed by atoms with Crippen molar-refractivity contribution in [2.75, 3.05) is 21.3 Å². The van der Waals surface area contributed by atoms with Gasteiger partial charge in [0.05, 0.1) is 26.8 Å².